The molecule has 29 heavy (non-hydrogen) atoms. The fourth-order valence-electron chi connectivity index (χ4n) is 2.45. The van der Waals surface area contributed by atoms with Gasteiger partial charge in [0.1, 0.15) is 19.1 Å². The Morgan fingerprint density at radius 3 is 2.52 bits per heavy atom. The number of aliphatic imine (C=N–C) groups is 1. The lowest BCUT2D eigenvalue weighted by Crippen LogP contribution is -2.36. The number of halogens is 1. The van der Waals surface area contributed by atoms with Crippen LogP contribution in [0.3, 0.4) is 0 Å². The van der Waals surface area contributed by atoms with E-state index in [1.165, 1.54) is 19.2 Å². The van der Waals surface area contributed by atoms with Gasteiger partial charge in [-0.3, -0.25) is 19.5 Å². The first kappa shape index (κ1) is 26.4. The third-order valence-electron chi connectivity index (χ3n) is 4.24. The van der Waals surface area contributed by atoms with Crippen LogP contribution in [-0.2, 0) is 9.59 Å². The number of alkyl halides is 1. The number of aliphatic hydroxyl groups excluding tert-OH is 1. The molecule has 0 spiro atoms. The maximum absolute atomic E-state index is 12.6. The number of rotatable bonds is 14. The van der Waals surface area contributed by atoms with Gasteiger partial charge in [0, 0.05) is 37.1 Å². The second-order valence-corrected chi connectivity index (χ2v) is 6.56. The summed E-state index contributed by atoms with van der Waals surface area (Å²) in [6.07, 6.45) is 7.49. The van der Waals surface area contributed by atoms with Gasteiger partial charge < -0.3 is 10.4 Å². The first-order valence-corrected chi connectivity index (χ1v) is 9.26. The molecule has 0 rings (SSSR count). The number of nitrogens with one attached hydrogen (secondary N) is 1. The van der Waals surface area contributed by atoms with Crippen LogP contribution in [0, 0.1) is 0 Å². The summed E-state index contributed by atoms with van der Waals surface area (Å²) in [6, 6.07) is -0.221. The molecule has 2 N–H and O–H groups in total. The van der Waals surface area contributed by atoms with Crippen LogP contribution in [0.1, 0.15) is 20.8 Å². The predicted octanol–water partition coefficient (Wildman–Crippen LogP) is 2.54. The predicted molar refractivity (Wildman–Crippen MR) is 117 cm³/mol. The molecule has 0 saturated heterocycles. The van der Waals surface area contributed by atoms with Crippen molar-refractivity contribution in [3.05, 3.63) is 59.5 Å². The van der Waals surface area contributed by atoms with Crippen molar-refractivity contribution in [2.24, 2.45) is 4.99 Å². The van der Waals surface area contributed by atoms with Crippen LogP contribution >= 0.6 is 0 Å². The summed E-state index contributed by atoms with van der Waals surface area (Å²) < 4.78 is 12.4. The number of hydrogen-bond acceptors (Lipinski definition) is 6. The fourth-order valence-corrected chi connectivity index (χ4v) is 2.45. The maximum Gasteiger partial charge on any atom is 0.188 e. The van der Waals surface area contributed by atoms with E-state index in [1.807, 2.05) is 18.9 Å². The number of aldehydes is 1. The highest BCUT2D eigenvalue weighted by molar-refractivity contribution is 6.00. The molecule has 2 atom stereocenters. The number of likely N-dealkylation sites (N-methyl/N-ethyl adjacent to an activating group) is 1. The minimum atomic E-state index is -1.17. The number of nitrogens with zero attached hydrogens (tertiary/aromatic N) is 2. The maximum atomic E-state index is 12.6. The molecule has 2 unspecified atom stereocenters. The Kier molecular flexibility index (Phi) is 13.1. The highest BCUT2D eigenvalue weighted by Crippen LogP contribution is 2.18. The summed E-state index contributed by atoms with van der Waals surface area (Å²) in [6.45, 7) is 11.9. The zero-order chi connectivity index (χ0) is 22.4. The lowest BCUT2D eigenvalue weighted by molar-refractivity contribution is -0.122. The van der Waals surface area contributed by atoms with E-state index < -0.39 is 18.6 Å². The molecule has 6 nitrogen and oxygen atoms in total. The molecule has 0 aromatic heterocycles. The number of hydrogen-bond donors (Lipinski definition) is 2. The molecule has 0 aliphatic heterocycles. The molecule has 0 aromatic carbocycles. The van der Waals surface area contributed by atoms with Crippen LogP contribution in [0.5, 0.6) is 0 Å². The average molecular weight is 406 g/mol. The number of carbonyl (C=O) groups is 2. The van der Waals surface area contributed by atoms with E-state index >= 15 is 0 Å². The second-order valence-electron chi connectivity index (χ2n) is 6.56. The van der Waals surface area contributed by atoms with Gasteiger partial charge in [-0.25, -0.2) is 4.39 Å². The quantitative estimate of drug-likeness (QED) is 0.153. The molecule has 0 aromatic rings. The van der Waals surface area contributed by atoms with Gasteiger partial charge in [-0.05, 0) is 63.4 Å². The first-order valence-electron chi connectivity index (χ1n) is 9.26. The van der Waals surface area contributed by atoms with Crippen molar-refractivity contribution >= 4 is 18.8 Å². The van der Waals surface area contributed by atoms with Crippen molar-refractivity contribution in [2.45, 2.75) is 32.9 Å². The molecule has 0 amide bonds. The molecule has 160 valence electrons. The van der Waals surface area contributed by atoms with E-state index in [-0.39, 0.29) is 19.1 Å². The monoisotopic (exact) mass is 405 g/mol. The van der Waals surface area contributed by atoms with Gasteiger partial charge in [-0.1, -0.05) is 12.7 Å². The summed E-state index contributed by atoms with van der Waals surface area (Å²) >= 11 is 0. The zero-order valence-electron chi connectivity index (χ0n) is 17.7. The topological polar surface area (TPSA) is 82.0 Å². The number of ketones is 1. The molecule has 0 bridgehead atoms. The summed E-state index contributed by atoms with van der Waals surface area (Å²) in [5.41, 5.74) is 2.17. The Labute approximate surface area is 172 Å². The third-order valence-corrected chi connectivity index (χ3v) is 4.24. The van der Waals surface area contributed by atoms with Crippen LogP contribution in [0.15, 0.2) is 64.5 Å². The molecular formula is C22H32FN3O3. The van der Waals surface area contributed by atoms with Crippen molar-refractivity contribution in [3.63, 3.8) is 0 Å². The van der Waals surface area contributed by atoms with E-state index in [1.54, 1.807) is 25.3 Å². The van der Waals surface area contributed by atoms with Gasteiger partial charge in [0.2, 0.25) is 0 Å². The van der Waals surface area contributed by atoms with Gasteiger partial charge >= 0.3 is 0 Å². The summed E-state index contributed by atoms with van der Waals surface area (Å²) in [5.74, 6) is -0.423. The van der Waals surface area contributed by atoms with Crippen molar-refractivity contribution in [2.75, 3.05) is 26.8 Å². The highest BCUT2D eigenvalue weighted by Gasteiger charge is 2.22. The summed E-state index contributed by atoms with van der Waals surface area (Å²) in [4.78, 5) is 29.1. The van der Waals surface area contributed by atoms with Crippen molar-refractivity contribution in [3.8, 4) is 0 Å². The minimum Gasteiger partial charge on any atom is -0.388 e. The average Bonchev–Trinajstić information content (AvgIpc) is 2.71. The van der Waals surface area contributed by atoms with Gasteiger partial charge in [-0.2, -0.15) is 0 Å². The number of Topliss-reactive ketones (excluding diaryl/α,β-unsaturated/α-hetero) is 1. The lowest BCUT2D eigenvalue weighted by Gasteiger charge is -2.28. The Morgan fingerprint density at radius 2 is 2.03 bits per heavy atom. The summed E-state index contributed by atoms with van der Waals surface area (Å²) in [5, 5.41) is 12.7. The molecule has 0 aliphatic rings. The van der Waals surface area contributed by atoms with Crippen LogP contribution in [-0.4, -0.2) is 67.8 Å². The fraction of sp³-hybridized carbons (Fsp3) is 0.409. The van der Waals surface area contributed by atoms with E-state index in [9.17, 15) is 19.1 Å². The van der Waals surface area contributed by atoms with Crippen LogP contribution in [0.2, 0.25) is 0 Å². The molecule has 0 heterocycles. The Morgan fingerprint density at radius 1 is 1.38 bits per heavy atom. The van der Waals surface area contributed by atoms with E-state index in [0.717, 1.165) is 11.9 Å². The standard InChI is InChI=1S/C22H32FN3O3/c1-7-19(8-10-24-5)21(22(29)18(4)28)14-26(6)17(3)20(12-16(2)15-27)13-25-11-9-23/h7-8,10,12-13,15,17-18,25,28H,1,5,9,11,14H2,2-4,6H3/b10-8-,16-12?,20-13?,21-19-. The van der Waals surface area contributed by atoms with Crippen molar-refractivity contribution in [1.29, 1.82) is 0 Å². The smallest absolute Gasteiger partial charge is 0.188 e. The number of aliphatic hydroxyl groups is 1. The zero-order valence-corrected chi connectivity index (χ0v) is 17.7. The van der Waals surface area contributed by atoms with Crippen molar-refractivity contribution < 1.29 is 19.1 Å². The molecule has 7 heteroatoms. The largest absolute Gasteiger partial charge is 0.388 e. The normalized spacial score (nSPS) is 15.7. The van der Waals surface area contributed by atoms with E-state index in [0.29, 0.717) is 16.7 Å². The number of allylic oxidation sites excluding steroid dienone is 4. The Balaban J connectivity index is 5.96. The van der Waals surface area contributed by atoms with E-state index in [4.69, 9.17) is 0 Å². The van der Waals surface area contributed by atoms with Crippen molar-refractivity contribution in [1.82, 2.24) is 10.2 Å². The lowest BCUT2D eigenvalue weighted by atomic mass is 9.98. The molecule has 0 saturated carbocycles. The Bertz CT molecular complexity index is 706. The van der Waals surface area contributed by atoms with Gasteiger partial charge in [0.05, 0.1) is 0 Å². The minimum absolute atomic E-state index is 0.152. The van der Waals surface area contributed by atoms with Gasteiger partial charge in [0.25, 0.3) is 0 Å². The Hall–Kier alpha value is -2.64. The first-order chi connectivity index (χ1) is 13.7. The summed E-state index contributed by atoms with van der Waals surface area (Å²) in [7, 11) is 1.81. The molecule has 0 aliphatic carbocycles. The highest BCUT2D eigenvalue weighted by atomic mass is 19.1. The second kappa shape index (κ2) is 14.4. The molecule has 0 radical (unpaired) electrons. The SMILES string of the molecule is C=CC(/C=C\N=C)=C(\CN(C)C(C)C(C=C(C)C=O)=CNCCF)C(=O)C(C)O. The van der Waals surface area contributed by atoms with Gasteiger partial charge in [0.15, 0.2) is 5.78 Å². The van der Waals surface area contributed by atoms with Crippen LogP contribution in [0.4, 0.5) is 4.39 Å². The van der Waals surface area contributed by atoms with E-state index in [2.05, 4.69) is 23.6 Å². The molecular weight excluding hydrogens is 373 g/mol. The molecule has 0 fully saturated rings. The number of carbonyl (C=O) groups excluding carboxylic acids is 2. The van der Waals surface area contributed by atoms with Gasteiger partial charge in [-0.15, -0.1) is 0 Å². The third kappa shape index (κ3) is 9.40. The van der Waals surface area contributed by atoms with Crippen LogP contribution in [0.25, 0.3) is 0 Å². The van der Waals surface area contributed by atoms with Crippen LogP contribution < -0.4 is 5.32 Å².